The van der Waals surface area contributed by atoms with E-state index in [1.807, 2.05) is 0 Å². The molecule has 0 aliphatic carbocycles. The van der Waals surface area contributed by atoms with E-state index in [4.69, 9.17) is 5.11 Å². The first-order chi connectivity index (χ1) is 5.61. The van der Waals surface area contributed by atoms with Crippen molar-refractivity contribution in [2.75, 3.05) is 7.11 Å². The zero-order valence-electron chi connectivity index (χ0n) is 8.33. The molecule has 1 N–H and O–H groups in total. The first kappa shape index (κ1) is 11.2. The van der Waals surface area contributed by atoms with Crippen molar-refractivity contribution in [3.8, 4) is 0 Å². The predicted octanol–water partition coefficient (Wildman–Crippen LogP) is 2.59. The van der Waals surface area contributed by atoms with E-state index in [1.54, 1.807) is 0 Å². The zero-order chi connectivity index (χ0) is 9.61. The topological polar surface area (TPSA) is 20.2 Å². The number of rotatable bonds is 0. The van der Waals surface area contributed by atoms with Gasteiger partial charge in [-0.1, -0.05) is 51.1 Å². The largest absolute Gasteiger partial charge is 0.400 e. The average molecular weight is 166 g/mol. The molecule has 1 heteroatoms. The van der Waals surface area contributed by atoms with E-state index in [-0.39, 0.29) is 0 Å². The lowest BCUT2D eigenvalue weighted by Gasteiger charge is -2.18. The third-order valence-electron chi connectivity index (χ3n) is 1.64. The van der Waals surface area contributed by atoms with Crippen LogP contribution >= 0.6 is 0 Å². The number of aliphatic hydroxyl groups excluding tert-OH is 1. The van der Waals surface area contributed by atoms with Gasteiger partial charge in [-0.25, -0.2) is 0 Å². The summed E-state index contributed by atoms with van der Waals surface area (Å²) in [6.45, 7) is 6.67. The summed E-state index contributed by atoms with van der Waals surface area (Å²) in [4.78, 5) is 0. The average Bonchev–Trinajstić information content (AvgIpc) is 2.08. The van der Waals surface area contributed by atoms with E-state index in [0.29, 0.717) is 5.41 Å². The molecule has 1 aromatic carbocycles. The minimum Gasteiger partial charge on any atom is -0.400 e. The Morgan fingerprint density at radius 2 is 1.33 bits per heavy atom. The summed E-state index contributed by atoms with van der Waals surface area (Å²) in [5.74, 6) is 0. The quantitative estimate of drug-likeness (QED) is 0.628. The van der Waals surface area contributed by atoms with Gasteiger partial charge in [0.1, 0.15) is 0 Å². The Morgan fingerprint density at radius 3 is 1.58 bits per heavy atom. The molecule has 0 radical (unpaired) electrons. The van der Waals surface area contributed by atoms with Crippen LogP contribution in [0.1, 0.15) is 26.3 Å². The molecule has 1 aromatic rings. The van der Waals surface area contributed by atoms with Gasteiger partial charge in [0.05, 0.1) is 0 Å². The second kappa shape index (κ2) is 4.94. The lowest BCUT2D eigenvalue weighted by Crippen LogP contribution is -2.10. The van der Waals surface area contributed by atoms with E-state index in [1.165, 1.54) is 5.56 Å². The SMILES string of the molecule is CC(C)(C)c1ccccc1.CO. The van der Waals surface area contributed by atoms with Crippen molar-refractivity contribution in [2.45, 2.75) is 26.2 Å². The zero-order valence-corrected chi connectivity index (χ0v) is 8.33. The van der Waals surface area contributed by atoms with Gasteiger partial charge >= 0.3 is 0 Å². The van der Waals surface area contributed by atoms with Crippen molar-refractivity contribution < 1.29 is 5.11 Å². The molecule has 68 valence electrons. The first-order valence-electron chi connectivity index (χ1n) is 4.11. The normalized spacial score (nSPS) is 10.1. The molecule has 1 nitrogen and oxygen atoms in total. The summed E-state index contributed by atoms with van der Waals surface area (Å²) in [6, 6.07) is 10.6. The monoisotopic (exact) mass is 166 g/mol. The lowest BCUT2D eigenvalue weighted by atomic mass is 9.87. The second-order valence-corrected chi connectivity index (χ2v) is 3.62. The van der Waals surface area contributed by atoms with Gasteiger partial charge in [-0.15, -0.1) is 0 Å². The molecule has 0 aliphatic heterocycles. The Hall–Kier alpha value is -0.820. The molecule has 0 atom stereocenters. The molecule has 0 amide bonds. The maximum absolute atomic E-state index is 7.00. The van der Waals surface area contributed by atoms with Gasteiger partial charge in [-0.2, -0.15) is 0 Å². The van der Waals surface area contributed by atoms with Gasteiger partial charge in [0.2, 0.25) is 0 Å². The number of benzene rings is 1. The van der Waals surface area contributed by atoms with Crippen molar-refractivity contribution in [1.82, 2.24) is 0 Å². The molecule has 1 rings (SSSR count). The van der Waals surface area contributed by atoms with Gasteiger partial charge in [-0.05, 0) is 11.0 Å². The van der Waals surface area contributed by atoms with E-state index < -0.39 is 0 Å². The maximum atomic E-state index is 7.00. The van der Waals surface area contributed by atoms with Crippen LogP contribution in [0.4, 0.5) is 0 Å². The Morgan fingerprint density at radius 1 is 0.917 bits per heavy atom. The first-order valence-corrected chi connectivity index (χ1v) is 4.11. The summed E-state index contributed by atoms with van der Waals surface area (Å²) >= 11 is 0. The van der Waals surface area contributed by atoms with Crippen molar-refractivity contribution in [1.29, 1.82) is 0 Å². The molecule has 0 heterocycles. The molecule has 0 aromatic heterocycles. The third kappa shape index (κ3) is 3.54. The van der Waals surface area contributed by atoms with Crippen molar-refractivity contribution >= 4 is 0 Å². The molecule has 0 spiro atoms. The molecular formula is C11H18O. The summed E-state index contributed by atoms with van der Waals surface area (Å²) in [5, 5.41) is 7.00. The Bertz CT molecular complexity index is 196. The summed E-state index contributed by atoms with van der Waals surface area (Å²) in [5.41, 5.74) is 1.69. The summed E-state index contributed by atoms with van der Waals surface area (Å²) in [7, 11) is 1.00. The Kier molecular flexibility index (Phi) is 4.60. The summed E-state index contributed by atoms with van der Waals surface area (Å²) in [6.07, 6.45) is 0. The van der Waals surface area contributed by atoms with Gasteiger partial charge in [0.15, 0.2) is 0 Å². The van der Waals surface area contributed by atoms with Crippen LogP contribution in [-0.4, -0.2) is 12.2 Å². The highest BCUT2D eigenvalue weighted by Gasteiger charge is 2.11. The fourth-order valence-corrected chi connectivity index (χ4v) is 0.938. The van der Waals surface area contributed by atoms with Gasteiger partial charge in [0.25, 0.3) is 0 Å². The van der Waals surface area contributed by atoms with Gasteiger partial charge in [0, 0.05) is 7.11 Å². The second-order valence-electron chi connectivity index (χ2n) is 3.62. The molecule has 0 bridgehead atoms. The van der Waals surface area contributed by atoms with Crippen molar-refractivity contribution in [3.63, 3.8) is 0 Å². The standard InChI is InChI=1S/C10H14.CH4O/c1-10(2,3)9-7-5-4-6-8-9;1-2/h4-8H,1-3H3;2H,1H3. The van der Waals surface area contributed by atoms with Crippen LogP contribution in [0.5, 0.6) is 0 Å². The molecule has 0 unspecified atom stereocenters. The molecule has 0 aliphatic rings. The molecule has 0 saturated carbocycles. The highest BCUT2D eigenvalue weighted by Crippen LogP contribution is 2.20. The summed E-state index contributed by atoms with van der Waals surface area (Å²) < 4.78 is 0. The predicted molar refractivity (Wildman–Crippen MR) is 53.3 cm³/mol. The van der Waals surface area contributed by atoms with E-state index >= 15 is 0 Å². The number of hydrogen-bond donors (Lipinski definition) is 1. The molecule has 0 saturated heterocycles. The smallest absolute Gasteiger partial charge is 0.0319 e. The number of aliphatic hydroxyl groups is 1. The van der Waals surface area contributed by atoms with Gasteiger partial charge < -0.3 is 5.11 Å². The van der Waals surface area contributed by atoms with E-state index in [2.05, 4.69) is 51.1 Å². The maximum Gasteiger partial charge on any atom is 0.0319 e. The molecule has 0 fully saturated rings. The van der Waals surface area contributed by atoms with Crippen molar-refractivity contribution in [2.24, 2.45) is 0 Å². The van der Waals surface area contributed by atoms with Crippen LogP contribution in [0, 0.1) is 0 Å². The van der Waals surface area contributed by atoms with E-state index in [0.717, 1.165) is 7.11 Å². The van der Waals surface area contributed by atoms with Crippen LogP contribution < -0.4 is 0 Å². The lowest BCUT2D eigenvalue weighted by molar-refractivity contribution is 0.399. The Balaban J connectivity index is 0.000000561. The fourth-order valence-electron chi connectivity index (χ4n) is 0.938. The van der Waals surface area contributed by atoms with Gasteiger partial charge in [-0.3, -0.25) is 0 Å². The van der Waals surface area contributed by atoms with Crippen molar-refractivity contribution in [3.05, 3.63) is 35.9 Å². The van der Waals surface area contributed by atoms with Crippen LogP contribution in [0.2, 0.25) is 0 Å². The minimum absolute atomic E-state index is 0.293. The Labute approximate surface area is 75.1 Å². The highest BCUT2D eigenvalue weighted by molar-refractivity contribution is 5.21. The molecule has 12 heavy (non-hydrogen) atoms. The third-order valence-corrected chi connectivity index (χ3v) is 1.64. The highest BCUT2D eigenvalue weighted by atomic mass is 16.2. The molecular weight excluding hydrogens is 148 g/mol. The van der Waals surface area contributed by atoms with Crippen LogP contribution in [-0.2, 0) is 5.41 Å². The number of hydrogen-bond acceptors (Lipinski definition) is 1. The van der Waals surface area contributed by atoms with E-state index in [9.17, 15) is 0 Å². The fraction of sp³-hybridized carbons (Fsp3) is 0.455. The van der Waals surface area contributed by atoms with Crippen LogP contribution in [0.3, 0.4) is 0 Å². The van der Waals surface area contributed by atoms with Crippen LogP contribution in [0.15, 0.2) is 30.3 Å². The minimum atomic E-state index is 0.293. The van der Waals surface area contributed by atoms with Crippen LogP contribution in [0.25, 0.3) is 0 Å².